The summed E-state index contributed by atoms with van der Waals surface area (Å²) in [4.78, 5) is 0. The van der Waals surface area contributed by atoms with Crippen molar-refractivity contribution >= 4 is 0 Å². The molecule has 0 saturated carbocycles. The first-order valence-corrected chi connectivity index (χ1v) is 8.12. The van der Waals surface area contributed by atoms with Gasteiger partial charge in [0.2, 0.25) is 0 Å². The van der Waals surface area contributed by atoms with Gasteiger partial charge in [-0.15, -0.1) is 0 Å². The smallest absolute Gasteiger partial charge is 0.126 e. The summed E-state index contributed by atoms with van der Waals surface area (Å²) >= 11 is 0. The predicted molar refractivity (Wildman–Crippen MR) is 89.8 cm³/mol. The minimum Gasteiger partial charge on any atom is -0.497 e. The number of methoxy groups -OCH3 is 1. The van der Waals surface area contributed by atoms with Crippen molar-refractivity contribution in [2.24, 2.45) is 0 Å². The van der Waals surface area contributed by atoms with Gasteiger partial charge in [0, 0.05) is 13.1 Å². The molecule has 4 nitrogen and oxygen atoms in total. The van der Waals surface area contributed by atoms with Crippen LogP contribution in [0.3, 0.4) is 0 Å². The van der Waals surface area contributed by atoms with Gasteiger partial charge in [0.1, 0.15) is 29.5 Å². The average Bonchev–Trinajstić information content (AvgIpc) is 2.61. The average molecular weight is 331 g/mol. The van der Waals surface area contributed by atoms with E-state index in [2.05, 4.69) is 5.32 Å². The number of aliphatic hydroxyl groups excluding tert-OH is 1. The normalized spacial score (nSPS) is 17.7. The highest BCUT2D eigenvalue weighted by Crippen LogP contribution is 2.29. The van der Waals surface area contributed by atoms with Gasteiger partial charge in [-0.05, 0) is 54.3 Å². The van der Waals surface area contributed by atoms with Gasteiger partial charge >= 0.3 is 0 Å². The molecule has 128 valence electrons. The molecular formula is C19H22FNO3. The molecule has 2 atom stereocenters. The second kappa shape index (κ2) is 7.64. The molecule has 3 rings (SSSR count). The Morgan fingerprint density at radius 2 is 2.08 bits per heavy atom. The van der Waals surface area contributed by atoms with Crippen LogP contribution in [0.1, 0.15) is 17.5 Å². The lowest BCUT2D eigenvalue weighted by atomic mass is 9.99. The third kappa shape index (κ3) is 4.04. The number of aryl methyl sites for hydroxylation is 1. The van der Waals surface area contributed by atoms with Crippen LogP contribution in [0.15, 0.2) is 42.5 Å². The molecule has 0 saturated heterocycles. The van der Waals surface area contributed by atoms with Gasteiger partial charge in [0.15, 0.2) is 0 Å². The fourth-order valence-electron chi connectivity index (χ4n) is 2.89. The van der Waals surface area contributed by atoms with Gasteiger partial charge in [-0.1, -0.05) is 12.1 Å². The van der Waals surface area contributed by atoms with E-state index >= 15 is 0 Å². The summed E-state index contributed by atoms with van der Waals surface area (Å²) in [6, 6.07) is 12.3. The fraction of sp³-hybridized carbons (Fsp3) is 0.368. The number of nitrogens with one attached hydrogen (secondary N) is 1. The van der Waals surface area contributed by atoms with Crippen molar-refractivity contribution in [3.05, 3.63) is 59.4 Å². The summed E-state index contributed by atoms with van der Waals surface area (Å²) in [5.74, 6) is 1.24. The van der Waals surface area contributed by atoms with Gasteiger partial charge in [0.25, 0.3) is 0 Å². The minimum absolute atomic E-state index is 0.252. The third-order valence-corrected chi connectivity index (χ3v) is 4.27. The monoisotopic (exact) mass is 331 g/mol. The molecular weight excluding hydrogens is 309 g/mol. The Hall–Kier alpha value is -2.11. The largest absolute Gasteiger partial charge is 0.497 e. The molecule has 24 heavy (non-hydrogen) atoms. The SMILES string of the molecule is COc1ccc(CNCC(O)C2CCc3cc(F)ccc3O2)cc1. The van der Waals surface area contributed by atoms with Crippen molar-refractivity contribution in [3.8, 4) is 11.5 Å². The van der Waals surface area contributed by atoms with Crippen LogP contribution in [0, 0.1) is 5.82 Å². The van der Waals surface area contributed by atoms with Crippen LogP contribution in [0.4, 0.5) is 4.39 Å². The van der Waals surface area contributed by atoms with E-state index < -0.39 is 6.10 Å². The van der Waals surface area contributed by atoms with E-state index in [4.69, 9.17) is 9.47 Å². The number of fused-ring (bicyclic) bond motifs is 1. The maximum Gasteiger partial charge on any atom is 0.126 e. The van der Waals surface area contributed by atoms with Gasteiger partial charge in [-0.2, -0.15) is 0 Å². The van der Waals surface area contributed by atoms with E-state index in [0.717, 1.165) is 16.9 Å². The molecule has 1 aliphatic rings. The van der Waals surface area contributed by atoms with Crippen LogP contribution < -0.4 is 14.8 Å². The van der Waals surface area contributed by atoms with Crippen LogP contribution in [0.5, 0.6) is 11.5 Å². The standard InChI is InChI=1S/C19H22FNO3/c1-23-16-6-2-13(3-7-16)11-21-12-17(22)19-8-4-14-10-15(20)5-9-18(14)24-19/h2-3,5-7,9-10,17,19,21-22H,4,8,11-12H2,1H3. The summed E-state index contributed by atoms with van der Waals surface area (Å²) in [6.45, 7) is 1.10. The molecule has 1 heterocycles. The van der Waals surface area contributed by atoms with Crippen molar-refractivity contribution in [3.63, 3.8) is 0 Å². The molecule has 2 unspecified atom stereocenters. The maximum atomic E-state index is 13.2. The third-order valence-electron chi connectivity index (χ3n) is 4.27. The molecule has 0 aliphatic carbocycles. The van der Waals surface area contributed by atoms with Gasteiger partial charge < -0.3 is 19.9 Å². The second-order valence-electron chi connectivity index (χ2n) is 5.99. The highest BCUT2D eigenvalue weighted by Gasteiger charge is 2.26. The quantitative estimate of drug-likeness (QED) is 0.854. The minimum atomic E-state index is -0.610. The molecule has 0 spiro atoms. The van der Waals surface area contributed by atoms with Crippen LogP contribution in [0.25, 0.3) is 0 Å². The van der Waals surface area contributed by atoms with Crippen LogP contribution in [-0.4, -0.2) is 31.0 Å². The van der Waals surface area contributed by atoms with E-state index in [-0.39, 0.29) is 11.9 Å². The van der Waals surface area contributed by atoms with E-state index in [1.54, 1.807) is 13.2 Å². The van der Waals surface area contributed by atoms with Gasteiger partial charge in [0.05, 0.1) is 7.11 Å². The van der Waals surface area contributed by atoms with Crippen molar-refractivity contribution in [1.82, 2.24) is 5.32 Å². The molecule has 2 aromatic rings. The first-order valence-electron chi connectivity index (χ1n) is 8.12. The zero-order chi connectivity index (χ0) is 16.9. The Morgan fingerprint density at radius 3 is 2.83 bits per heavy atom. The predicted octanol–water partition coefficient (Wildman–Crippen LogP) is 2.68. The lowest BCUT2D eigenvalue weighted by molar-refractivity contribution is 0.0243. The van der Waals surface area contributed by atoms with Crippen molar-refractivity contribution in [2.75, 3.05) is 13.7 Å². The molecule has 0 amide bonds. The molecule has 0 radical (unpaired) electrons. The van der Waals surface area contributed by atoms with E-state index in [1.807, 2.05) is 24.3 Å². The summed E-state index contributed by atoms with van der Waals surface area (Å²) in [5.41, 5.74) is 1.98. The number of ether oxygens (including phenoxy) is 2. The topological polar surface area (TPSA) is 50.7 Å². The van der Waals surface area contributed by atoms with Crippen molar-refractivity contribution < 1.29 is 19.0 Å². The lowest BCUT2D eigenvalue weighted by Gasteiger charge is -2.29. The zero-order valence-corrected chi connectivity index (χ0v) is 13.7. The Labute approximate surface area is 141 Å². The fourth-order valence-corrected chi connectivity index (χ4v) is 2.89. The Kier molecular flexibility index (Phi) is 5.33. The number of hydrogen-bond donors (Lipinski definition) is 2. The van der Waals surface area contributed by atoms with Crippen LogP contribution in [-0.2, 0) is 13.0 Å². The molecule has 0 fully saturated rings. The Balaban J connectivity index is 1.48. The summed E-state index contributed by atoms with van der Waals surface area (Å²) in [5, 5.41) is 13.6. The summed E-state index contributed by atoms with van der Waals surface area (Å²) in [7, 11) is 1.64. The molecule has 0 bridgehead atoms. The van der Waals surface area contributed by atoms with Crippen LogP contribution >= 0.6 is 0 Å². The van der Waals surface area contributed by atoms with E-state index in [9.17, 15) is 9.50 Å². The lowest BCUT2D eigenvalue weighted by Crippen LogP contribution is -2.41. The second-order valence-corrected chi connectivity index (χ2v) is 5.99. The summed E-state index contributed by atoms with van der Waals surface area (Å²) in [6.07, 6.45) is 0.516. The van der Waals surface area contributed by atoms with Crippen LogP contribution in [0.2, 0.25) is 0 Å². The number of hydrogen-bond acceptors (Lipinski definition) is 4. The Morgan fingerprint density at radius 1 is 1.29 bits per heavy atom. The van der Waals surface area contributed by atoms with E-state index in [1.165, 1.54) is 12.1 Å². The Bertz CT molecular complexity index is 675. The highest BCUT2D eigenvalue weighted by atomic mass is 19.1. The summed E-state index contributed by atoms with van der Waals surface area (Å²) < 4.78 is 24.1. The zero-order valence-electron chi connectivity index (χ0n) is 13.7. The highest BCUT2D eigenvalue weighted by molar-refractivity contribution is 5.36. The number of benzene rings is 2. The number of halogens is 1. The molecule has 0 aromatic heterocycles. The number of aliphatic hydroxyl groups is 1. The molecule has 2 N–H and O–H groups in total. The molecule has 1 aliphatic heterocycles. The van der Waals surface area contributed by atoms with E-state index in [0.29, 0.717) is 31.7 Å². The molecule has 5 heteroatoms. The van der Waals surface area contributed by atoms with Gasteiger partial charge in [-0.3, -0.25) is 0 Å². The first kappa shape index (κ1) is 16.7. The number of rotatable bonds is 6. The van der Waals surface area contributed by atoms with Gasteiger partial charge in [-0.25, -0.2) is 4.39 Å². The van der Waals surface area contributed by atoms with Crippen molar-refractivity contribution in [1.29, 1.82) is 0 Å². The maximum absolute atomic E-state index is 13.2. The van der Waals surface area contributed by atoms with Crippen molar-refractivity contribution in [2.45, 2.75) is 31.6 Å². The molecule has 2 aromatic carbocycles. The first-order chi connectivity index (χ1) is 11.7.